The summed E-state index contributed by atoms with van der Waals surface area (Å²) in [4.78, 5) is 4.59. The summed E-state index contributed by atoms with van der Waals surface area (Å²) in [5.41, 5.74) is 4.98. The van der Waals surface area contributed by atoms with Crippen molar-refractivity contribution in [2.24, 2.45) is 0 Å². The van der Waals surface area contributed by atoms with Crippen molar-refractivity contribution in [2.45, 2.75) is 19.9 Å². The van der Waals surface area contributed by atoms with E-state index < -0.39 is 0 Å². The maximum atomic E-state index is 4.59. The molecule has 1 unspecified atom stereocenters. The lowest BCUT2D eigenvalue weighted by atomic mass is 9.98. The number of fused-ring (bicyclic) bond motifs is 1. The molecule has 0 saturated carbocycles. The molecule has 0 amide bonds. The van der Waals surface area contributed by atoms with Crippen LogP contribution >= 0.6 is 11.3 Å². The molecule has 0 saturated heterocycles. The van der Waals surface area contributed by atoms with Gasteiger partial charge in [-0.2, -0.15) is 11.3 Å². The topological polar surface area (TPSA) is 24.9 Å². The highest BCUT2D eigenvalue weighted by atomic mass is 32.1. The maximum Gasteiger partial charge on any atom is 0.0702 e. The van der Waals surface area contributed by atoms with Crippen LogP contribution in [0.2, 0.25) is 0 Å². The van der Waals surface area contributed by atoms with Gasteiger partial charge in [-0.1, -0.05) is 25.1 Å². The highest BCUT2D eigenvalue weighted by Crippen LogP contribution is 2.28. The zero-order valence-electron chi connectivity index (χ0n) is 11.8. The van der Waals surface area contributed by atoms with E-state index in [1.54, 1.807) is 11.3 Å². The molecule has 2 heterocycles. The molecule has 3 rings (SSSR count). The van der Waals surface area contributed by atoms with Crippen molar-refractivity contribution in [3.63, 3.8) is 0 Å². The zero-order valence-corrected chi connectivity index (χ0v) is 12.6. The van der Waals surface area contributed by atoms with Crippen LogP contribution in [0, 0.1) is 6.92 Å². The van der Waals surface area contributed by atoms with Gasteiger partial charge in [0.15, 0.2) is 0 Å². The van der Waals surface area contributed by atoms with Gasteiger partial charge in [-0.25, -0.2) is 0 Å². The Bertz CT molecular complexity index is 718. The van der Waals surface area contributed by atoms with Gasteiger partial charge in [0.05, 0.1) is 11.6 Å². The number of para-hydroxylation sites is 1. The molecule has 1 atom stereocenters. The first-order chi connectivity index (χ1) is 9.79. The Morgan fingerprint density at radius 2 is 2.10 bits per heavy atom. The van der Waals surface area contributed by atoms with E-state index in [-0.39, 0.29) is 6.04 Å². The SMILES string of the molecule is CCNC(c1cnc2ccccc2c1)c1cscc1C. The molecule has 0 fully saturated rings. The Hall–Kier alpha value is -1.71. The predicted molar refractivity (Wildman–Crippen MR) is 86.3 cm³/mol. The normalized spacial score (nSPS) is 12.7. The number of nitrogens with one attached hydrogen (secondary N) is 1. The molecule has 3 aromatic rings. The third kappa shape index (κ3) is 2.47. The molecule has 0 radical (unpaired) electrons. The second-order valence-corrected chi connectivity index (χ2v) is 5.71. The van der Waals surface area contributed by atoms with E-state index in [4.69, 9.17) is 0 Å². The number of aromatic nitrogens is 1. The number of pyridine rings is 1. The molecule has 0 aliphatic rings. The lowest BCUT2D eigenvalue weighted by molar-refractivity contribution is 0.628. The molecular weight excluding hydrogens is 264 g/mol. The van der Waals surface area contributed by atoms with E-state index in [9.17, 15) is 0 Å². The van der Waals surface area contributed by atoms with Crippen molar-refractivity contribution in [1.82, 2.24) is 10.3 Å². The number of thiophene rings is 1. The lowest BCUT2D eigenvalue weighted by Gasteiger charge is -2.19. The van der Waals surface area contributed by atoms with Crippen LogP contribution in [0.5, 0.6) is 0 Å². The fourth-order valence-corrected chi connectivity index (χ4v) is 3.40. The first-order valence-corrected chi connectivity index (χ1v) is 7.84. The van der Waals surface area contributed by atoms with Gasteiger partial charge in [-0.3, -0.25) is 4.98 Å². The molecule has 0 aliphatic heterocycles. The van der Waals surface area contributed by atoms with Gasteiger partial charge in [-0.05, 0) is 53.1 Å². The van der Waals surface area contributed by atoms with E-state index in [1.807, 2.05) is 12.3 Å². The summed E-state index contributed by atoms with van der Waals surface area (Å²) < 4.78 is 0. The van der Waals surface area contributed by atoms with Crippen molar-refractivity contribution in [3.05, 3.63) is 64.0 Å². The quantitative estimate of drug-likeness (QED) is 0.771. The molecule has 2 nitrogen and oxygen atoms in total. The van der Waals surface area contributed by atoms with Gasteiger partial charge in [0.2, 0.25) is 0 Å². The number of benzene rings is 1. The Kier molecular flexibility index (Phi) is 3.81. The van der Waals surface area contributed by atoms with Crippen LogP contribution in [0.4, 0.5) is 0 Å². The van der Waals surface area contributed by atoms with E-state index in [0.29, 0.717) is 0 Å². The maximum absolute atomic E-state index is 4.59. The van der Waals surface area contributed by atoms with Gasteiger partial charge in [-0.15, -0.1) is 0 Å². The molecule has 1 N–H and O–H groups in total. The van der Waals surface area contributed by atoms with E-state index >= 15 is 0 Å². The summed E-state index contributed by atoms with van der Waals surface area (Å²) in [7, 11) is 0. The summed E-state index contributed by atoms with van der Waals surface area (Å²) in [6.07, 6.45) is 1.99. The monoisotopic (exact) mass is 282 g/mol. The van der Waals surface area contributed by atoms with E-state index in [2.05, 4.69) is 59.2 Å². The second-order valence-electron chi connectivity index (χ2n) is 4.96. The summed E-state index contributed by atoms with van der Waals surface area (Å²) in [5, 5.41) is 9.21. The average molecular weight is 282 g/mol. The summed E-state index contributed by atoms with van der Waals surface area (Å²) >= 11 is 1.76. The zero-order chi connectivity index (χ0) is 13.9. The lowest BCUT2D eigenvalue weighted by Crippen LogP contribution is -2.22. The fraction of sp³-hybridized carbons (Fsp3) is 0.235. The smallest absolute Gasteiger partial charge is 0.0702 e. The van der Waals surface area contributed by atoms with Crippen LogP contribution < -0.4 is 5.32 Å². The van der Waals surface area contributed by atoms with Crippen molar-refractivity contribution in [1.29, 1.82) is 0 Å². The summed E-state index contributed by atoms with van der Waals surface area (Å²) in [5.74, 6) is 0. The van der Waals surface area contributed by atoms with Crippen molar-refractivity contribution < 1.29 is 0 Å². The third-order valence-electron chi connectivity index (χ3n) is 3.56. The molecule has 0 aliphatic carbocycles. The van der Waals surface area contributed by atoms with Gasteiger partial charge >= 0.3 is 0 Å². The Balaban J connectivity index is 2.07. The number of nitrogens with zero attached hydrogens (tertiary/aromatic N) is 1. The Morgan fingerprint density at radius 3 is 2.85 bits per heavy atom. The van der Waals surface area contributed by atoms with Gasteiger partial charge in [0.25, 0.3) is 0 Å². The van der Waals surface area contributed by atoms with Crippen molar-refractivity contribution >= 4 is 22.2 Å². The number of hydrogen-bond acceptors (Lipinski definition) is 3. The van der Waals surface area contributed by atoms with Crippen LogP contribution in [0.25, 0.3) is 10.9 Å². The number of aryl methyl sites for hydroxylation is 1. The van der Waals surface area contributed by atoms with Crippen LogP contribution in [0.1, 0.15) is 29.7 Å². The van der Waals surface area contributed by atoms with E-state index in [0.717, 1.165) is 12.1 Å². The third-order valence-corrected chi connectivity index (χ3v) is 4.44. The van der Waals surface area contributed by atoms with E-state index in [1.165, 1.54) is 22.1 Å². The van der Waals surface area contributed by atoms with Gasteiger partial charge < -0.3 is 5.32 Å². The number of rotatable bonds is 4. The number of hydrogen-bond donors (Lipinski definition) is 1. The van der Waals surface area contributed by atoms with Crippen LogP contribution in [0.3, 0.4) is 0 Å². The fourth-order valence-electron chi connectivity index (χ4n) is 2.52. The first kappa shape index (κ1) is 13.3. The van der Waals surface area contributed by atoms with Crippen molar-refractivity contribution in [3.8, 4) is 0 Å². The minimum Gasteiger partial charge on any atom is -0.306 e. The summed E-state index contributed by atoms with van der Waals surface area (Å²) in [6, 6.07) is 10.7. The van der Waals surface area contributed by atoms with Gasteiger partial charge in [0, 0.05) is 11.6 Å². The highest BCUT2D eigenvalue weighted by Gasteiger charge is 2.16. The largest absolute Gasteiger partial charge is 0.306 e. The average Bonchev–Trinajstić information content (AvgIpc) is 2.90. The molecule has 0 bridgehead atoms. The standard InChI is InChI=1S/C17H18N2S/c1-3-18-17(15-11-20-10-12(15)2)14-8-13-6-4-5-7-16(13)19-9-14/h4-11,17-18H,3H2,1-2H3. The molecule has 20 heavy (non-hydrogen) atoms. The van der Waals surface area contributed by atoms with Crippen LogP contribution in [0.15, 0.2) is 47.3 Å². The molecular formula is C17H18N2S. The molecule has 3 heteroatoms. The predicted octanol–water partition coefficient (Wildman–Crippen LogP) is 4.30. The highest BCUT2D eigenvalue weighted by molar-refractivity contribution is 7.08. The molecule has 1 aromatic carbocycles. The summed E-state index contributed by atoms with van der Waals surface area (Å²) in [6.45, 7) is 5.25. The second kappa shape index (κ2) is 5.73. The molecule has 0 spiro atoms. The Labute approximate surface area is 123 Å². The van der Waals surface area contributed by atoms with Crippen LogP contribution in [-0.4, -0.2) is 11.5 Å². The van der Waals surface area contributed by atoms with Crippen molar-refractivity contribution in [2.75, 3.05) is 6.54 Å². The minimum absolute atomic E-state index is 0.225. The molecule has 102 valence electrons. The van der Waals surface area contributed by atoms with Crippen LogP contribution in [-0.2, 0) is 0 Å². The first-order valence-electron chi connectivity index (χ1n) is 6.90. The van der Waals surface area contributed by atoms with Gasteiger partial charge in [0.1, 0.15) is 0 Å². The minimum atomic E-state index is 0.225. The molecule has 2 aromatic heterocycles. The Morgan fingerprint density at radius 1 is 1.25 bits per heavy atom.